The first-order valence-electron chi connectivity index (χ1n) is 4.92. The van der Waals surface area contributed by atoms with Gasteiger partial charge in [0.2, 0.25) is 5.89 Å². The van der Waals surface area contributed by atoms with Crippen molar-refractivity contribution in [2.45, 2.75) is 13.3 Å². The fraction of sp³-hybridized carbons (Fsp3) is 0.250. The molecule has 1 aromatic carbocycles. The largest absolute Gasteiger partial charge is 0.497 e. The van der Waals surface area contributed by atoms with Gasteiger partial charge in [-0.2, -0.15) is 0 Å². The molecule has 1 heterocycles. The first-order valence-corrected chi connectivity index (χ1v) is 4.92. The van der Waals surface area contributed by atoms with Gasteiger partial charge in [0.1, 0.15) is 11.5 Å². The summed E-state index contributed by atoms with van der Waals surface area (Å²) in [4.78, 5) is 4.21. The Morgan fingerprint density at radius 3 is 2.53 bits per heavy atom. The maximum absolute atomic E-state index is 5.54. The quantitative estimate of drug-likeness (QED) is 0.769. The van der Waals surface area contributed by atoms with Crippen LogP contribution in [0.3, 0.4) is 0 Å². The van der Waals surface area contributed by atoms with Crippen LogP contribution in [0.4, 0.5) is 0 Å². The summed E-state index contributed by atoms with van der Waals surface area (Å²) in [6.45, 7) is 2.04. The van der Waals surface area contributed by atoms with Crippen molar-refractivity contribution in [2.24, 2.45) is 0 Å². The monoisotopic (exact) mass is 203 g/mol. The van der Waals surface area contributed by atoms with E-state index < -0.39 is 0 Å². The summed E-state index contributed by atoms with van der Waals surface area (Å²) in [5, 5.41) is 0. The Balaban J connectivity index is 2.28. The molecule has 0 aliphatic rings. The number of benzene rings is 1. The smallest absolute Gasteiger partial charge is 0.226 e. The van der Waals surface area contributed by atoms with Gasteiger partial charge in [-0.25, -0.2) is 4.98 Å². The Bertz CT molecular complexity index is 431. The van der Waals surface area contributed by atoms with Crippen LogP contribution in [0.25, 0.3) is 11.5 Å². The Hall–Kier alpha value is -1.77. The molecule has 0 aliphatic heterocycles. The maximum atomic E-state index is 5.54. The van der Waals surface area contributed by atoms with Gasteiger partial charge in [-0.3, -0.25) is 0 Å². The highest BCUT2D eigenvalue weighted by atomic mass is 16.5. The lowest BCUT2D eigenvalue weighted by Gasteiger charge is -1.99. The Morgan fingerprint density at radius 2 is 2.00 bits per heavy atom. The van der Waals surface area contributed by atoms with E-state index in [9.17, 15) is 0 Å². The molecule has 78 valence electrons. The average Bonchev–Trinajstić information content (AvgIpc) is 2.78. The minimum Gasteiger partial charge on any atom is -0.497 e. The number of hydrogen-bond donors (Lipinski definition) is 0. The number of oxazole rings is 1. The van der Waals surface area contributed by atoms with Crippen molar-refractivity contribution in [1.82, 2.24) is 4.98 Å². The van der Waals surface area contributed by atoms with Crippen LogP contribution in [-0.2, 0) is 6.42 Å². The highest BCUT2D eigenvalue weighted by molar-refractivity contribution is 5.54. The van der Waals surface area contributed by atoms with Gasteiger partial charge in [0.05, 0.1) is 13.3 Å². The summed E-state index contributed by atoms with van der Waals surface area (Å²) >= 11 is 0. The molecular weight excluding hydrogens is 190 g/mol. The highest BCUT2D eigenvalue weighted by Crippen LogP contribution is 2.22. The first-order chi connectivity index (χ1) is 7.33. The van der Waals surface area contributed by atoms with Crippen molar-refractivity contribution >= 4 is 0 Å². The second-order valence-corrected chi connectivity index (χ2v) is 3.21. The molecular formula is C12H13NO2. The number of nitrogens with zero attached hydrogens (tertiary/aromatic N) is 1. The van der Waals surface area contributed by atoms with Crippen LogP contribution >= 0.6 is 0 Å². The van der Waals surface area contributed by atoms with Crippen LogP contribution in [0.1, 0.15) is 12.7 Å². The lowest BCUT2D eigenvalue weighted by molar-refractivity contribution is 0.415. The van der Waals surface area contributed by atoms with E-state index in [0.29, 0.717) is 5.89 Å². The van der Waals surface area contributed by atoms with Gasteiger partial charge in [0.15, 0.2) is 0 Å². The minimum atomic E-state index is 0.662. The summed E-state index contributed by atoms with van der Waals surface area (Å²) in [6.07, 6.45) is 2.63. The number of ether oxygens (including phenoxy) is 1. The fourth-order valence-electron chi connectivity index (χ4n) is 1.34. The second kappa shape index (κ2) is 4.17. The maximum Gasteiger partial charge on any atom is 0.226 e. The molecule has 0 radical (unpaired) electrons. The standard InChI is InChI=1S/C12H13NO2/c1-3-10-8-13-12(15-10)9-4-6-11(14-2)7-5-9/h4-8H,3H2,1-2H3. The van der Waals surface area contributed by atoms with Gasteiger partial charge in [0.25, 0.3) is 0 Å². The van der Waals surface area contributed by atoms with Gasteiger partial charge >= 0.3 is 0 Å². The SMILES string of the molecule is CCc1cnc(-c2ccc(OC)cc2)o1. The molecule has 15 heavy (non-hydrogen) atoms. The predicted molar refractivity (Wildman–Crippen MR) is 57.9 cm³/mol. The zero-order chi connectivity index (χ0) is 10.7. The van der Waals surface area contributed by atoms with Crippen LogP contribution in [0.2, 0.25) is 0 Å². The van der Waals surface area contributed by atoms with Crippen LogP contribution in [0, 0.1) is 0 Å². The third kappa shape index (κ3) is 2.01. The molecule has 0 bridgehead atoms. The third-order valence-corrected chi connectivity index (χ3v) is 2.24. The van der Waals surface area contributed by atoms with Gasteiger partial charge < -0.3 is 9.15 Å². The normalized spacial score (nSPS) is 10.3. The molecule has 2 rings (SSSR count). The Morgan fingerprint density at radius 1 is 1.27 bits per heavy atom. The van der Waals surface area contributed by atoms with E-state index in [2.05, 4.69) is 4.98 Å². The zero-order valence-electron chi connectivity index (χ0n) is 8.86. The summed E-state index contributed by atoms with van der Waals surface area (Å²) in [7, 11) is 1.65. The van der Waals surface area contributed by atoms with E-state index in [1.807, 2.05) is 31.2 Å². The zero-order valence-corrected chi connectivity index (χ0v) is 8.86. The minimum absolute atomic E-state index is 0.662. The van der Waals surface area contributed by atoms with E-state index in [1.54, 1.807) is 13.3 Å². The molecule has 0 spiro atoms. The van der Waals surface area contributed by atoms with Crippen molar-refractivity contribution < 1.29 is 9.15 Å². The Kier molecular flexibility index (Phi) is 2.72. The number of hydrogen-bond acceptors (Lipinski definition) is 3. The molecule has 0 saturated carbocycles. The average molecular weight is 203 g/mol. The first kappa shape index (κ1) is 9.77. The molecule has 0 N–H and O–H groups in total. The van der Waals surface area contributed by atoms with E-state index in [-0.39, 0.29) is 0 Å². The number of methoxy groups -OCH3 is 1. The fourth-order valence-corrected chi connectivity index (χ4v) is 1.34. The van der Waals surface area contributed by atoms with Crippen molar-refractivity contribution in [1.29, 1.82) is 0 Å². The molecule has 3 nitrogen and oxygen atoms in total. The van der Waals surface area contributed by atoms with Gasteiger partial charge in [-0.05, 0) is 24.3 Å². The highest BCUT2D eigenvalue weighted by Gasteiger charge is 2.04. The summed E-state index contributed by atoms with van der Waals surface area (Å²) in [6, 6.07) is 7.66. The predicted octanol–water partition coefficient (Wildman–Crippen LogP) is 2.91. The van der Waals surface area contributed by atoms with E-state index in [4.69, 9.17) is 9.15 Å². The molecule has 0 unspecified atom stereocenters. The molecule has 0 saturated heterocycles. The van der Waals surface area contributed by atoms with Crippen LogP contribution in [0.15, 0.2) is 34.9 Å². The second-order valence-electron chi connectivity index (χ2n) is 3.21. The van der Waals surface area contributed by atoms with E-state index in [0.717, 1.165) is 23.5 Å². The third-order valence-electron chi connectivity index (χ3n) is 2.24. The lowest BCUT2D eigenvalue weighted by Crippen LogP contribution is -1.82. The van der Waals surface area contributed by atoms with Crippen molar-refractivity contribution in [3.63, 3.8) is 0 Å². The van der Waals surface area contributed by atoms with Crippen molar-refractivity contribution in [3.8, 4) is 17.2 Å². The molecule has 2 aromatic rings. The van der Waals surface area contributed by atoms with Crippen LogP contribution in [-0.4, -0.2) is 12.1 Å². The molecule has 3 heteroatoms. The van der Waals surface area contributed by atoms with E-state index in [1.165, 1.54) is 0 Å². The summed E-state index contributed by atoms with van der Waals surface area (Å²) < 4.78 is 10.6. The lowest BCUT2D eigenvalue weighted by atomic mass is 10.2. The summed E-state index contributed by atoms with van der Waals surface area (Å²) in [5.41, 5.74) is 0.968. The van der Waals surface area contributed by atoms with Gasteiger partial charge in [0, 0.05) is 12.0 Å². The molecule has 1 aromatic heterocycles. The molecule has 0 amide bonds. The number of aromatic nitrogens is 1. The summed E-state index contributed by atoms with van der Waals surface area (Å²) in [5.74, 6) is 2.40. The number of aryl methyl sites for hydroxylation is 1. The molecule has 0 atom stereocenters. The molecule has 0 fully saturated rings. The molecule has 0 aliphatic carbocycles. The van der Waals surface area contributed by atoms with Crippen molar-refractivity contribution in [2.75, 3.05) is 7.11 Å². The Labute approximate surface area is 88.7 Å². The van der Waals surface area contributed by atoms with Crippen molar-refractivity contribution in [3.05, 3.63) is 36.2 Å². The number of rotatable bonds is 3. The van der Waals surface area contributed by atoms with Gasteiger partial charge in [-0.1, -0.05) is 6.92 Å². The van der Waals surface area contributed by atoms with Crippen LogP contribution in [0.5, 0.6) is 5.75 Å². The van der Waals surface area contributed by atoms with Crippen LogP contribution < -0.4 is 4.74 Å². The topological polar surface area (TPSA) is 35.3 Å². The van der Waals surface area contributed by atoms with Gasteiger partial charge in [-0.15, -0.1) is 0 Å². The van der Waals surface area contributed by atoms with E-state index >= 15 is 0 Å².